The van der Waals surface area contributed by atoms with Crippen LogP contribution >= 0.6 is 0 Å². The van der Waals surface area contributed by atoms with Gasteiger partial charge in [0.1, 0.15) is 0 Å². The molecule has 3 unspecified atom stereocenters. The summed E-state index contributed by atoms with van der Waals surface area (Å²) in [6.45, 7) is 6.44. The van der Waals surface area contributed by atoms with E-state index < -0.39 is 0 Å². The Balaban J connectivity index is 2.17. The Bertz CT molecular complexity index is 313. The average Bonchev–Trinajstić information content (AvgIpc) is 2.71. The fourth-order valence-electron chi connectivity index (χ4n) is 3.03. The van der Waals surface area contributed by atoms with Crippen molar-refractivity contribution in [2.75, 3.05) is 0 Å². The maximum Gasteiger partial charge on any atom is 0.0747 e. The fourth-order valence-corrected chi connectivity index (χ4v) is 3.03. The first-order valence-electron chi connectivity index (χ1n) is 6.14. The molecule has 0 radical (unpaired) electrons. The fraction of sp³-hybridized carbons (Fsp3) is 0.714. The van der Waals surface area contributed by atoms with Crippen molar-refractivity contribution in [3.8, 4) is 0 Å². The number of allylic oxidation sites excluding steroid dienone is 3. The Morgan fingerprint density at radius 1 is 1.73 bits per heavy atom. The van der Waals surface area contributed by atoms with Crippen molar-refractivity contribution in [1.29, 1.82) is 0 Å². The van der Waals surface area contributed by atoms with Gasteiger partial charge in [0.2, 0.25) is 0 Å². The first-order chi connectivity index (χ1) is 7.05. The lowest BCUT2D eigenvalue weighted by atomic mass is 9.81. The van der Waals surface area contributed by atoms with Crippen LogP contribution in [0.2, 0.25) is 0 Å². The first kappa shape index (κ1) is 10.9. The molecule has 84 valence electrons. The molecular weight excluding hydrogens is 184 g/mol. The highest BCUT2D eigenvalue weighted by molar-refractivity contribution is 5.37. The quantitative estimate of drug-likeness (QED) is 0.750. The van der Waals surface area contributed by atoms with Crippen LogP contribution in [0.4, 0.5) is 0 Å². The molecule has 2 bridgehead atoms. The Morgan fingerprint density at radius 2 is 2.47 bits per heavy atom. The maximum atomic E-state index is 9.75. The zero-order chi connectivity index (χ0) is 11.1. The largest absolute Gasteiger partial charge is 0.389 e. The first-order valence-corrected chi connectivity index (χ1v) is 6.14. The number of fused-ring (bicyclic) bond motifs is 2. The highest BCUT2D eigenvalue weighted by Gasteiger charge is 2.41. The van der Waals surface area contributed by atoms with Gasteiger partial charge in [0.25, 0.3) is 0 Å². The van der Waals surface area contributed by atoms with E-state index in [2.05, 4.69) is 19.1 Å². The van der Waals surface area contributed by atoms with Crippen LogP contribution in [0.3, 0.4) is 0 Å². The third-order valence-corrected chi connectivity index (χ3v) is 4.19. The summed E-state index contributed by atoms with van der Waals surface area (Å²) in [5, 5.41) is 9.75. The maximum absolute atomic E-state index is 9.75. The molecule has 0 aromatic rings. The van der Waals surface area contributed by atoms with Crippen molar-refractivity contribution in [2.24, 2.45) is 11.3 Å². The molecule has 15 heavy (non-hydrogen) atoms. The van der Waals surface area contributed by atoms with Crippen LogP contribution in [0, 0.1) is 11.3 Å². The summed E-state index contributed by atoms with van der Waals surface area (Å²) in [5.41, 5.74) is 3.01. The van der Waals surface area contributed by atoms with Crippen molar-refractivity contribution in [3.05, 3.63) is 23.3 Å². The van der Waals surface area contributed by atoms with Crippen LogP contribution in [-0.4, -0.2) is 11.2 Å². The normalized spacial score (nSPS) is 36.9. The lowest BCUT2D eigenvalue weighted by Gasteiger charge is -2.24. The molecule has 3 atom stereocenters. The SMILES string of the molecule is CCC(O)C(C)=CC1=CC2CCC1(C)C2. The summed E-state index contributed by atoms with van der Waals surface area (Å²) in [6, 6.07) is 0. The molecule has 2 aliphatic carbocycles. The molecule has 1 nitrogen and oxygen atoms in total. The molecule has 0 amide bonds. The van der Waals surface area contributed by atoms with Gasteiger partial charge in [0.15, 0.2) is 0 Å². The van der Waals surface area contributed by atoms with Gasteiger partial charge in [0, 0.05) is 0 Å². The van der Waals surface area contributed by atoms with Gasteiger partial charge in [-0.2, -0.15) is 0 Å². The predicted molar refractivity (Wildman–Crippen MR) is 63.6 cm³/mol. The standard InChI is InChI=1S/C14H22O/c1-4-13(15)10(2)7-12-8-11-5-6-14(12,3)9-11/h7-8,11,13,15H,4-6,9H2,1-3H3. The zero-order valence-corrected chi connectivity index (χ0v) is 10.1. The lowest BCUT2D eigenvalue weighted by Crippen LogP contribution is -2.13. The molecule has 0 heterocycles. The van der Waals surface area contributed by atoms with Gasteiger partial charge in [-0.15, -0.1) is 0 Å². The van der Waals surface area contributed by atoms with Gasteiger partial charge in [-0.05, 0) is 55.1 Å². The van der Waals surface area contributed by atoms with Crippen LogP contribution in [0.5, 0.6) is 0 Å². The Morgan fingerprint density at radius 3 is 2.93 bits per heavy atom. The number of aliphatic hydroxyl groups is 1. The predicted octanol–water partition coefficient (Wildman–Crippen LogP) is 3.45. The average molecular weight is 206 g/mol. The van der Waals surface area contributed by atoms with E-state index in [0.717, 1.165) is 17.9 Å². The summed E-state index contributed by atoms with van der Waals surface area (Å²) in [6.07, 6.45) is 9.24. The van der Waals surface area contributed by atoms with Crippen molar-refractivity contribution in [2.45, 2.75) is 52.6 Å². The Kier molecular flexibility index (Phi) is 2.76. The van der Waals surface area contributed by atoms with E-state index >= 15 is 0 Å². The van der Waals surface area contributed by atoms with Crippen molar-refractivity contribution in [1.82, 2.24) is 0 Å². The van der Waals surface area contributed by atoms with E-state index in [-0.39, 0.29) is 6.10 Å². The second-order valence-corrected chi connectivity index (χ2v) is 5.50. The monoisotopic (exact) mass is 206 g/mol. The third-order valence-electron chi connectivity index (χ3n) is 4.19. The van der Waals surface area contributed by atoms with Crippen molar-refractivity contribution < 1.29 is 5.11 Å². The molecule has 0 aromatic heterocycles. The highest BCUT2D eigenvalue weighted by Crippen LogP contribution is 2.54. The van der Waals surface area contributed by atoms with Crippen LogP contribution in [0.15, 0.2) is 23.3 Å². The van der Waals surface area contributed by atoms with Gasteiger partial charge >= 0.3 is 0 Å². The minimum absolute atomic E-state index is 0.256. The summed E-state index contributed by atoms with van der Waals surface area (Å²) in [7, 11) is 0. The molecule has 2 rings (SSSR count). The van der Waals surface area contributed by atoms with Gasteiger partial charge in [-0.25, -0.2) is 0 Å². The minimum Gasteiger partial charge on any atom is -0.389 e. The molecule has 1 heteroatoms. The molecule has 0 aliphatic heterocycles. The third kappa shape index (κ3) is 1.90. The lowest BCUT2D eigenvalue weighted by molar-refractivity contribution is 0.206. The number of rotatable bonds is 3. The number of hydrogen-bond donors (Lipinski definition) is 1. The highest BCUT2D eigenvalue weighted by atomic mass is 16.3. The number of aliphatic hydroxyl groups excluding tert-OH is 1. The van der Waals surface area contributed by atoms with E-state index in [9.17, 15) is 5.11 Å². The minimum atomic E-state index is -0.256. The van der Waals surface area contributed by atoms with E-state index in [1.807, 2.05) is 13.8 Å². The van der Waals surface area contributed by atoms with E-state index in [0.29, 0.717) is 5.41 Å². The van der Waals surface area contributed by atoms with Crippen molar-refractivity contribution >= 4 is 0 Å². The smallest absolute Gasteiger partial charge is 0.0747 e. The molecule has 0 spiro atoms. The Hall–Kier alpha value is -0.560. The molecule has 0 aromatic carbocycles. The van der Waals surface area contributed by atoms with E-state index in [1.54, 1.807) is 0 Å². The van der Waals surface area contributed by atoms with Gasteiger partial charge < -0.3 is 5.11 Å². The summed E-state index contributed by atoms with van der Waals surface area (Å²) >= 11 is 0. The molecule has 1 saturated carbocycles. The van der Waals surface area contributed by atoms with Crippen molar-refractivity contribution in [3.63, 3.8) is 0 Å². The summed E-state index contributed by atoms with van der Waals surface area (Å²) in [4.78, 5) is 0. The van der Waals surface area contributed by atoms with Crippen LogP contribution in [-0.2, 0) is 0 Å². The molecule has 0 saturated heterocycles. The van der Waals surface area contributed by atoms with Crippen LogP contribution < -0.4 is 0 Å². The van der Waals surface area contributed by atoms with Crippen LogP contribution in [0.25, 0.3) is 0 Å². The molecule has 1 N–H and O–H groups in total. The number of hydrogen-bond acceptors (Lipinski definition) is 1. The van der Waals surface area contributed by atoms with E-state index in [1.165, 1.54) is 24.8 Å². The van der Waals surface area contributed by atoms with Crippen LogP contribution in [0.1, 0.15) is 46.5 Å². The molecular formula is C14H22O. The Labute approximate surface area is 92.9 Å². The summed E-state index contributed by atoms with van der Waals surface area (Å²) < 4.78 is 0. The van der Waals surface area contributed by atoms with Gasteiger partial charge in [-0.1, -0.05) is 26.0 Å². The van der Waals surface area contributed by atoms with Gasteiger partial charge in [-0.3, -0.25) is 0 Å². The second kappa shape index (κ2) is 3.79. The van der Waals surface area contributed by atoms with Gasteiger partial charge in [0.05, 0.1) is 6.10 Å². The molecule has 2 aliphatic rings. The molecule has 1 fully saturated rings. The summed E-state index contributed by atoms with van der Waals surface area (Å²) in [5.74, 6) is 0.813. The van der Waals surface area contributed by atoms with E-state index in [4.69, 9.17) is 0 Å². The topological polar surface area (TPSA) is 20.2 Å². The second-order valence-electron chi connectivity index (χ2n) is 5.50. The zero-order valence-electron chi connectivity index (χ0n) is 10.1.